The molecule has 1 heterocycles. The fourth-order valence-corrected chi connectivity index (χ4v) is 2.38. The van der Waals surface area contributed by atoms with Gasteiger partial charge in [-0.05, 0) is 24.9 Å². The van der Waals surface area contributed by atoms with Crippen molar-refractivity contribution in [3.63, 3.8) is 0 Å². The van der Waals surface area contributed by atoms with Gasteiger partial charge in [-0.3, -0.25) is 9.69 Å². The number of amides is 1. The molecule has 18 heavy (non-hydrogen) atoms. The number of hydrogen-bond donors (Lipinski definition) is 0. The maximum atomic E-state index is 12.1. The quantitative estimate of drug-likeness (QED) is 0.794. The van der Waals surface area contributed by atoms with Gasteiger partial charge >= 0.3 is 0 Å². The van der Waals surface area contributed by atoms with Crippen LogP contribution in [0.5, 0.6) is 0 Å². The van der Waals surface area contributed by atoms with Gasteiger partial charge in [0.25, 0.3) is 0 Å². The van der Waals surface area contributed by atoms with Crippen molar-refractivity contribution in [3.05, 3.63) is 35.9 Å². The Hall–Kier alpha value is -1.35. The van der Waals surface area contributed by atoms with E-state index in [1.165, 1.54) is 5.56 Å². The first-order valence-electron chi connectivity index (χ1n) is 6.83. The summed E-state index contributed by atoms with van der Waals surface area (Å²) in [6, 6.07) is 10.3. The zero-order chi connectivity index (χ0) is 12.8. The van der Waals surface area contributed by atoms with Gasteiger partial charge in [0.1, 0.15) is 0 Å². The first-order chi connectivity index (χ1) is 8.79. The van der Waals surface area contributed by atoms with Gasteiger partial charge < -0.3 is 4.90 Å². The molecule has 1 aliphatic rings. The summed E-state index contributed by atoms with van der Waals surface area (Å²) in [7, 11) is 0. The van der Waals surface area contributed by atoms with Crippen LogP contribution in [0.2, 0.25) is 0 Å². The van der Waals surface area contributed by atoms with Crippen LogP contribution in [0, 0.1) is 0 Å². The van der Waals surface area contributed by atoms with E-state index in [1.54, 1.807) is 0 Å². The van der Waals surface area contributed by atoms with Crippen LogP contribution in [0.15, 0.2) is 30.3 Å². The number of hydrogen-bond acceptors (Lipinski definition) is 2. The third-order valence-corrected chi connectivity index (χ3v) is 3.51. The largest absolute Gasteiger partial charge is 0.342 e. The lowest BCUT2D eigenvalue weighted by Crippen LogP contribution is -2.38. The molecule has 1 aromatic rings. The summed E-state index contributed by atoms with van der Waals surface area (Å²) in [6.07, 6.45) is 2.33. The average Bonchev–Trinajstić information content (AvgIpc) is 2.93. The van der Waals surface area contributed by atoms with E-state index in [0.717, 1.165) is 39.0 Å². The van der Waals surface area contributed by atoms with E-state index in [9.17, 15) is 4.79 Å². The second-order valence-electron chi connectivity index (χ2n) is 4.88. The van der Waals surface area contributed by atoms with Gasteiger partial charge in [0, 0.05) is 19.6 Å². The Balaban J connectivity index is 1.87. The second-order valence-corrected chi connectivity index (χ2v) is 4.88. The first kappa shape index (κ1) is 13.1. The van der Waals surface area contributed by atoms with Gasteiger partial charge in [-0.2, -0.15) is 0 Å². The molecule has 0 saturated carbocycles. The molecule has 1 fully saturated rings. The molecule has 1 saturated heterocycles. The highest BCUT2D eigenvalue weighted by molar-refractivity contribution is 5.78. The monoisotopic (exact) mass is 246 g/mol. The highest BCUT2D eigenvalue weighted by Gasteiger charge is 2.19. The van der Waals surface area contributed by atoms with E-state index < -0.39 is 0 Å². The standard InChI is InChI=1S/C15H22N2O/c1-2-16(12-14-8-4-3-5-9-14)13-15(18)17-10-6-7-11-17/h3-5,8-9H,2,6-7,10-13H2,1H3. The second kappa shape index (κ2) is 6.55. The molecule has 2 rings (SSSR count). The molecule has 0 aromatic heterocycles. The van der Waals surface area contributed by atoms with Crippen LogP contribution in [0.4, 0.5) is 0 Å². The summed E-state index contributed by atoms with van der Waals surface area (Å²) < 4.78 is 0. The van der Waals surface area contributed by atoms with E-state index in [0.29, 0.717) is 6.54 Å². The number of rotatable bonds is 5. The zero-order valence-corrected chi connectivity index (χ0v) is 11.1. The van der Waals surface area contributed by atoms with E-state index in [4.69, 9.17) is 0 Å². The van der Waals surface area contributed by atoms with Crippen molar-refractivity contribution in [1.82, 2.24) is 9.80 Å². The molecule has 1 amide bonds. The maximum absolute atomic E-state index is 12.1. The Bertz CT molecular complexity index is 371. The number of carbonyl (C=O) groups is 1. The van der Waals surface area contributed by atoms with Gasteiger partial charge in [-0.1, -0.05) is 37.3 Å². The topological polar surface area (TPSA) is 23.6 Å². The van der Waals surface area contributed by atoms with E-state index in [-0.39, 0.29) is 5.91 Å². The van der Waals surface area contributed by atoms with Gasteiger partial charge in [-0.25, -0.2) is 0 Å². The van der Waals surface area contributed by atoms with Crippen LogP contribution in [-0.4, -0.2) is 41.9 Å². The smallest absolute Gasteiger partial charge is 0.236 e. The highest BCUT2D eigenvalue weighted by atomic mass is 16.2. The lowest BCUT2D eigenvalue weighted by atomic mass is 10.2. The molecule has 0 bridgehead atoms. The predicted molar refractivity (Wildman–Crippen MR) is 73.2 cm³/mol. The van der Waals surface area contributed by atoms with E-state index in [2.05, 4.69) is 24.0 Å². The number of benzene rings is 1. The van der Waals surface area contributed by atoms with Gasteiger partial charge in [0.2, 0.25) is 5.91 Å². The molecular formula is C15H22N2O. The molecule has 0 N–H and O–H groups in total. The lowest BCUT2D eigenvalue weighted by Gasteiger charge is -2.23. The number of likely N-dealkylation sites (tertiary alicyclic amines) is 1. The van der Waals surface area contributed by atoms with Crippen molar-refractivity contribution < 1.29 is 4.79 Å². The molecule has 98 valence electrons. The van der Waals surface area contributed by atoms with Gasteiger partial charge in [0.15, 0.2) is 0 Å². The molecule has 3 nitrogen and oxygen atoms in total. The molecule has 0 radical (unpaired) electrons. The Kier molecular flexibility index (Phi) is 4.76. The summed E-state index contributed by atoms with van der Waals surface area (Å²) in [5.74, 6) is 0.283. The van der Waals surface area contributed by atoms with Crippen LogP contribution in [-0.2, 0) is 11.3 Å². The molecule has 1 aliphatic heterocycles. The lowest BCUT2D eigenvalue weighted by molar-refractivity contribution is -0.131. The normalized spacial score (nSPS) is 15.3. The van der Waals surface area contributed by atoms with Crippen molar-refractivity contribution >= 4 is 5.91 Å². The number of likely N-dealkylation sites (N-methyl/N-ethyl adjacent to an activating group) is 1. The highest BCUT2D eigenvalue weighted by Crippen LogP contribution is 2.09. The molecule has 1 aromatic carbocycles. The van der Waals surface area contributed by atoms with Crippen molar-refractivity contribution in [1.29, 1.82) is 0 Å². The van der Waals surface area contributed by atoms with Crippen molar-refractivity contribution in [3.8, 4) is 0 Å². The predicted octanol–water partition coefficient (Wildman–Crippen LogP) is 2.13. The van der Waals surface area contributed by atoms with Crippen LogP contribution in [0.25, 0.3) is 0 Å². The average molecular weight is 246 g/mol. The minimum absolute atomic E-state index is 0.283. The van der Waals surface area contributed by atoms with E-state index in [1.807, 2.05) is 23.1 Å². The van der Waals surface area contributed by atoms with Crippen molar-refractivity contribution in [2.45, 2.75) is 26.3 Å². The fraction of sp³-hybridized carbons (Fsp3) is 0.533. The van der Waals surface area contributed by atoms with Gasteiger partial charge in [0.05, 0.1) is 6.54 Å². The Morgan fingerprint density at radius 3 is 2.50 bits per heavy atom. The summed E-state index contributed by atoms with van der Waals surface area (Å²) in [6.45, 7) is 6.32. The Labute approximate surface area is 109 Å². The molecule has 0 spiro atoms. The van der Waals surface area contributed by atoms with Crippen LogP contribution < -0.4 is 0 Å². The van der Waals surface area contributed by atoms with Crippen molar-refractivity contribution in [2.75, 3.05) is 26.2 Å². The minimum atomic E-state index is 0.283. The first-order valence-corrected chi connectivity index (χ1v) is 6.83. The van der Waals surface area contributed by atoms with Crippen molar-refractivity contribution in [2.24, 2.45) is 0 Å². The van der Waals surface area contributed by atoms with Crippen LogP contribution in [0.1, 0.15) is 25.3 Å². The maximum Gasteiger partial charge on any atom is 0.236 e. The summed E-state index contributed by atoms with van der Waals surface area (Å²) in [5, 5.41) is 0. The third kappa shape index (κ3) is 3.57. The molecule has 0 atom stereocenters. The fourth-order valence-electron chi connectivity index (χ4n) is 2.38. The third-order valence-electron chi connectivity index (χ3n) is 3.51. The summed E-state index contributed by atoms with van der Waals surface area (Å²) >= 11 is 0. The zero-order valence-electron chi connectivity index (χ0n) is 11.1. The molecule has 3 heteroatoms. The summed E-state index contributed by atoms with van der Waals surface area (Å²) in [4.78, 5) is 16.3. The molecule has 0 unspecified atom stereocenters. The summed E-state index contributed by atoms with van der Waals surface area (Å²) in [5.41, 5.74) is 1.27. The van der Waals surface area contributed by atoms with Crippen LogP contribution in [0.3, 0.4) is 0 Å². The number of carbonyl (C=O) groups excluding carboxylic acids is 1. The number of nitrogens with zero attached hydrogens (tertiary/aromatic N) is 2. The molecule has 0 aliphatic carbocycles. The molecular weight excluding hydrogens is 224 g/mol. The van der Waals surface area contributed by atoms with Crippen LogP contribution >= 0.6 is 0 Å². The van der Waals surface area contributed by atoms with E-state index >= 15 is 0 Å². The minimum Gasteiger partial charge on any atom is -0.342 e. The SMILES string of the molecule is CCN(CC(=O)N1CCCC1)Cc1ccccc1. The Morgan fingerprint density at radius 2 is 1.89 bits per heavy atom. The van der Waals surface area contributed by atoms with Gasteiger partial charge in [-0.15, -0.1) is 0 Å². The Morgan fingerprint density at radius 1 is 1.22 bits per heavy atom.